The average molecular weight is 201 g/mol. The first-order valence-corrected chi connectivity index (χ1v) is 4.43. The van der Waals surface area contributed by atoms with Crippen LogP contribution in [0.3, 0.4) is 0 Å². The number of hydrogen-bond donors (Lipinski definition) is 1. The highest BCUT2D eigenvalue weighted by atomic mass is 19.4. The van der Waals surface area contributed by atoms with E-state index >= 15 is 0 Å². The molecule has 0 fully saturated rings. The second kappa shape index (κ2) is 2.90. The van der Waals surface area contributed by atoms with Crippen LogP contribution in [0.4, 0.5) is 18.9 Å². The Bertz CT molecular complexity index is 368. The van der Waals surface area contributed by atoms with E-state index in [1.54, 1.807) is 7.05 Å². The SMILES string of the molecule is CNc1ccc(C(F)(F)F)c2c1CC2. The highest BCUT2D eigenvalue weighted by molar-refractivity contribution is 5.61. The smallest absolute Gasteiger partial charge is 0.388 e. The van der Waals surface area contributed by atoms with Crippen molar-refractivity contribution >= 4 is 5.69 Å². The number of anilines is 1. The van der Waals surface area contributed by atoms with Crippen molar-refractivity contribution in [3.8, 4) is 0 Å². The Morgan fingerprint density at radius 3 is 2.21 bits per heavy atom. The normalized spacial score (nSPS) is 14.6. The summed E-state index contributed by atoms with van der Waals surface area (Å²) in [6.07, 6.45) is -2.92. The minimum atomic E-state index is -4.21. The number of fused-ring (bicyclic) bond motifs is 1. The predicted molar refractivity (Wildman–Crippen MR) is 48.4 cm³/mol. The Kier molecular flexibility index (Phi) is 1.94. The van der Waals surface area contributed by atoms with Crippen LogP contribution >= 0.6 is 0 Å². The van der Waals surface area contributed by atoms with Crippen LogP contribution in [-0.2, 0) is 19.0 Å². The van der Waals surface area contributed by atoms with Gasteiger partial charge in [0.1, 0.15) is 0 Å². The van der Waals surface area contributed by atoms with E-state index in [9.17, 15) is 13.2 Å². The summed E-state index contributed by atoms with van der Waals surface area (Å²) in [6, 6.07) is 2.66. The van der Waals surface area contributed by atoms with Gasteiger partial charge in [0.15, 0.2) is 0 Å². The van der Waals surface area contributed by atoms with Crippen LogP contribution in [0.5, 0.6) is 0 Å². The largest absolute Gasteiger partial charge is 0.416 e. The van der Waals surface area contributed by atoms with E-state index in [4.69, 9.17) is 0 Å². The summed E-state index contributed by atoms with van der Waals surface area (Å²) in [5.74, 6) is 0. The number of halogens is 3. The molecule has 2 rings (SSSR count). The van der Waals surface area contributed by atoms with E-state index < -0.39 is 11.7 Å². The van der Waals surface area contributed by atoms with Crippen LogP contribution in [0.15, 0.2) is 12.1 Å². The van der Waals surface area contributed by atoms with Gasteiger partial charge in [-0.05, 0) is 36.1 Å². The minimum absolute atomic E-state index is 0.462. The fourth-order valence-corrected chi connectivity index (χ4v) is 1.84. The summed E-state index contributed by atoms with van der Waals surface area (Å²) in [6.45, 7) is 0. The van der Waals surface area contributed by atoms with Crippen molar-refractivity contribution < 1.29 is 13.2 Å². The molecule has 0 amide bonds. The van der Waals surface area contributed by atoms with Crippen LogP contribution in [0.2, 0.25) is 0 Å². The van der Waals surface area contributed by atoms with E-state index in [1.807, 2.05) is 0 Å². The molecule has 0 saturated heterocycles. The molecule has 1 N–H and O–H groups in total. The molecular formula is C10H10F3N. The third-order valence-corrected chi connectivity index (χ3v) is 2.63. The van der Waals surface area contributed by atoms with Gasteiger partial charge in [0.2, 0.25) is 0 Å². The van der Waals surface area contributed by atoms with Crippen molar-refractivity contribution in [2.75, 3.05) is 12.4 Å². The van der Waals surface area contributed by atoms with Gasteiger partial charge in [0.05, 0.1) is 5.56 Å². The molecule has 0 unspecified atom stereocenters. The molecule has 14 heavy (non-hydrogen) atoms. The molecule has 0 aromatic heterocycles. The van der Waals surface area contributed by atoms with Gasteiger partial charge in [-0.2, -0.15) is 13.2 Å². The molecule has 0 atom stereocenters. The molecule has 0 radical (unpaired) electrons. The minimum Gasteiger partial charge on any atom is -0.388 e. The quantitative estimate of drug-likeness (QED) is 0.736. The maximum Gasteiger partial charge on any atom is 0.416 e. The number of benzene rings is 1. The van der Waals surface area contributed by atoms with Gasteiger partial charge in [-0.3, -0.25) is 0 Å². The zero-order valence-corrected chi connectivity index (χ0v) is 7.70. The molecule has 0 spiro atoms. The van der Waals surface area contributed by atoms with E-state index in [0.29, 0.717) is 12.0 Å². The van der Waals surface area contributed by atoms with Crippen molar-refractivity contribution in [1.82, 2.24) is 0 Å². The summed E-state index contributed by atoms with van der Waals surface area (Å²) in [5.41, 5.74) is 1.63. The van der Waals surface area contributed by atoms with Crippen molar-refractivity contribution in [2.45, 2.75) is 19.0 Å². The molecule has 0 aliphatic heterocycles. The van der Waals surface area contributed by atoms with Gasteiger partial charge in [0, 0.05) is 12.7 Å². The van der Waals surface area contributed by atoms with Gasteiger partial charge >= 0.3 is 6.18 Å². The Labute approximate surface area is 79.9 Å². The molecule has 1 aliphatic carbocycles. The van der Waals surface area contributed by atoms with E-state index in [-0.39, 0.29) is 0 Å². The van der Waals surface area contributed by atoms with E-state index in [0.717, 1.165) is 23.7 Å². The Hall–Kier alpha value is -1.19. The zero-order chi connectivity index (χ0) is 10.3. The fraction of sp³-hybridized carbons (Fsp3) is 0.400. The molecule has 1 aromatic rings. The lowest BCUT2D eigenvalue weighted by Crippen LogP contribution is -2.19. The molecule has 4 heteroatoms. The standard InChI is InChI=1S/C10H10F3N/c1-14-9-5-4-8(10(11,12)13)6-2-3-7(6)9/h4-5,14H,2-3H2,1H3. The number of hydrogen-bond acceptors (Lipinski definition) is 1. The van der Waals surface area contributed by atoms with Crippen LogP contribution in [-0.4, -0.2) is 7.05 Å². The van der Waals surface area contributed by atoms with E-state index in [2.05, 4.69) is 5.32 Å². The third kappa shape index (κ3) is 1.25. The van der Waals surface area contributed by atoms with E-state index in [1.165, 1.54) is 6.07 Å². The van der Waals surface area contributed by atoms with Crippen LogP contribution in [0, 0.1) is 0 Å². The third-order valence-electron chi connectivity index (χ3n) is 2.63. The first kappa shape index (κ1) is 9.37. The van der Waals surface area contributed by atoms with Gasteiger partial charge < -0.3 is 5.32 Å². The molecule has 0 saturated carbocycles. The molecule has 76 valence electrons. The maximum atomic E-state index is 12.5. The van der Waals surface area contributed by atoms with Crippen molar-refractivity contribution in [3.63, 3.8) is 0 Å². The summed E-state index contributed by atoms with van der Waals surface area (Å²) in [7, 11) is 1.72. The predicted octanol–water partition coefficient (Wildman–Crippen LogP) is 2.85. The number of nitrogens with one attached hydrogen (secondary N) is 1. The Morgan fingerprint density at radius 1 is 1.14 bits per heavy atom. The van der Waals surface area contributed by atoms with Crippen LogP contribution in [0.1, 0.15) is 16.7 Å². The van der Waals surface area contributed by atoms with Gasteiger partial charge in [-0.1, -0.05) is 0 Å². The summed E-state index contributed by atoms with van der Waals surface area (Å²) in [4.78, 5) is 0. The van der Waals surface area contributed by atoms with Gasteiger partial charge in [-0.15, -0.1) is 0 Å². The summed E-state index contributed by atoms with van der Waals surface area (Å²) >= 11 is 0. The second-order valence-corrected chi connectivity index (χ2v) is 3.37. The first-order chi connectivity index (χ1) is 6.54. The molecule has 0 bridgehead atoms. The van der Waals surface area contributed by atoms with Crippen LogP contribution < -0.4 is 5.32 Å². The molecule has 0 heterocycles. The number of rotatable bonds is 1. The summed E-state index contributed by atoms with van der Waals surface area (Å²) in [5, 5.41) is 2.90. The molecule has 1 aliphatic rings. The highest BCUT2D eigenvalue weighted by Gasteiger charge is 2.36. The second-order valence-electron chi connectivity index (χ2n) is 3.37. The van der Waals surface area contributed by atoms with Crippen molar-refractivity contribution in [3.05, 3.63) is 28.8 Å². The Morgan fingerprint density at radius 2 is 1.79 bits per heavy atom. The first-order valence-electron chi connectivity index (χ1n) is 4.43. The lowest BCUT2D eigenvalue weighted by Gasteiger charge is -2.26. The van der Waals surface area contributed by atoms with Crippen molar-refractivity contribution in [2.24, 2.45) is 0 Å². The zero-order valence-electron chi connectivity index (χ0n) is 7.70. The fourth-order valence-electron chi connectivity index (χ4n) is 1.84. The molecular weight excluding hydrogens is 191 g/mol. The summed E-state index contributed by atoms with van der Waals surface area (Å²) < 4.78 is 37.4. The monoisotopic (exact) mass is 201 g/mol. The number of alkyl halides is 3. The molecule has 1 aromatic carbocycles. The van der Waals surface area contributed by atoms with Crippen molar-refractivity contribution in [1.29, 1.82) is 0 Å². The van der Waals surface area contributed by atoms with Crippen LogP contribution in [0.25, 0.3) is 0 Å². The Balaban J connectivity index is 2.52. The lowest BCUT2D eigenvalue weighted by molar-refractivity contribution is -0.138. The highest BCUT2D eigenvalue weighted by Crippen LogP contribution is 2.40. The molecule has 1 nitrogen and oxygen atoms in total. The lowest BCUT2D eigenvalue weighted by atomic mass is 9.83. The van der Waals surface area contributed by atoms with Gasteiger partial charge in [-0.25, -0.2) is 0 Å². The maximum absolute atomic E-state index is 12.5. The topological polar surface area (TPSA) is 12.0 Å². The van der Waals surface area contributed by atoms with Gasteiger partial charge in [0.25, 0.3) is 0 Å². The average Bonchev–Trinajstić information content (AvgIpc) is 2.03.